The summed E-state index contributed by atoms with van der Waals surface area (Å²) in [5.74, 6) is -0.356. The minimum Gasteiger partial charge on any atom is -0.494 e. The summed E-state index contributed by atoms with van der Waals surface area (Å²) in [6, 6.07) is 15.2. The molecule has 0 saturated heterocycles. The molecule has 0 aliphatic rings. The summed E-state index contributed by atoms with van der Waals surface area (Å²) in [5.41, 5.74) is 2.58. The van der Waals surface area contributed by atoms with Crippen LogP contribution in [0.5, 0.6) is 5.75 Å². The van der Waals surface area contributed by atoms with E-state index < -0.39 is 18.0 Å². The predicted molar refractivity (Wildman–Crippen MR) is 117 cm³/mol. The van der Waals surface area contributed by atoms with Crippen molar-refractivity contribution in [3.8, 4) is 5.75 Å². The van der Waals surface area contributed by atoms with Crippen molar-refractivity contribution in [2.45, 2.75) is 32.8 Å². The summed E-state index contributed by atoms with van der Waals surface area (Å²) in [5, 5.41) is 0. The smallest absolute Gasteiger partial charge is 0.346 e. The molecule has 0 bridgehead atoms. The van der Waals surface area contributed by atoms with Gasteiger partial charge >= 0.3 is 11.9 Å². The SMILES string of the molecule is CCCCOc1ccc(C=Nc2ccc(/C=C/C(=O)O[C@@H](C)C(=O)OC)cc2)cc1. The van der Waals surface area contributed by atoms with Gasteiger partial charge in [0, 0.05) is 12.3 Å². The molecule has 30 heavy (non-hydrogen) atoms. The van der Waals surface area contributed by atoms with Gasteiger partial charge in [0.25, 0.3) is 0 Å². The molecular formula is C24H27NO5. The summed E-state index contributed by atoms with van der Waals surface area (Å²) in [6.45, 7) is 4.32. The van der Waals surface area contributed by atoms with Crippen LogP contribution in [0, 0.1) is 0 Å². The largest absolute Gasteiger partial charge is 0.494 e. The Labute approximate surface area is 177 Å². The van der Waals surface area contributed by atoms with E-state index in [1.807, 2.05) is 48.5 Å². The highest BCUT2D eigenvalue weighted by molar-refractivity contribution is 5.89. The van der Waals surface area contributed by atoms with Crippen molar-refractivity contribution >= 4 is 29.9 Å². The Morgan fingerprint density at radius 2 is 1.70 bits per heavy atom. The van der Waals surface area contributed by atoms with Gasteiger partial charge in [0.05, 0.1) is 19.4 Å². The van der Waals surface area contributed by atoms with Crippen molar-refractivity contribution < 1.29 is 23.8 Å². The van der Waals surface area contributed by atoms with E-state index in [9.17, 15) is 9.59 Å². The second-order valence-corrected chi connectivity index (χ2v) is 6.56. The number of methoxy groups -OCH3 is 1. The summed E-state index contributed by atoms with van der Waals surface area (Å²) in [7, 11) is 1.24. The number of hydrogen-bond acceptors (Lipinski definition) is 6. The van der Waals surface area contributed by atoms with E-state index in [2.05, 4.69) is 16.7 Å². The summed E-state index contributed by atoms with van der Waals surface area (Å²) < 4.78 is 15.1. The second-order valence-electron chi connectivity index (χ2n) is 6.56. The minimum atomic E-state index is -0.944. The number of carbonyl (C=O) groups is 2. The molecule has 0 spiro atoms. The van der Waals surface area contributed by atoms with E-state index in [-0.39, 0.29) is 0 Å². The third-order valence-electron chi connectivity index (χ3n) is 4.14. The summed E-state index contributed by atoms with van der Waals surface area (Å²) in [6.07, 6.45) is 5.87. The second kappa shape index (κ2) is 12.2. The third-order valence-corrected chi connectivity index (χ3v) is 4.14. The summed E-state index contributed by atoms with van der Waals surface area (Å²) >= 11 is 0. The lowest BCUT2D eigenvalue weighted by Crippen LogP contribution is -2.24. The van der Waals surface area contributed by atoms with E-state index in [0.29, 0.717) is 0 Å². The first kappa shape index (κ1) is 22.9. The van der Waals surface area contributed by atoms with Gasteiger partial charge in [-0.25, -0.2) is 9.59 Å². The van der Waals surface area contributed by atoms with Crippen LogP contribution in [0.4, 0.5) is 5.69 Å². The number of unbranched alkanes of at least 4 members (excludes halogenated alkanes) is 1. The van der Waals surface area contributed by atoms with Crippen molar-refractivity contribution in [1.82, 2.24) is 0 Å². The van der Waals surface area contributed by atoms with Crippen molar-refractivity contribution in [1.29, 1.82) is 0 Å². The molecule has 0 fully saturated rings. The maximum Gasteiger partial charge on any atom is 0.346 e. The number of carbonyl (C=O) groups excluding carboxylic acids is 2. The van der Waals surface area contributed by atoms with Crippen molar-refractivity contribution in [2.75, 3.05) is 13.7 Å². The van der Waals surface area contributed by atoms with Gasteiger partial charge in [-0.2, -0.15) is 0 Å². The van der Waals surface area contributed by atoms with Crippen molar-refractivity contribution in [3.05, 3.63) is 65.7 Å². The van der Waals surface area contributed by atoms with Crippen molar-refractivity contribution in [3.63, 3.8) is 0 Å². The maximum atomic E-state index is 11.7. The molecule has 0 aliphatic carbocycles. The molecule has 1 atom stereocenters. The van der Waals surface area contributed by atoms with Gasteiger partial charge in [0.15, 0.2) is 6.10 Å². The van der Waals surface area contributed by atoms with Gasteiger partial charge in [-0.15, -0.1) is 0 Å². The average Bonchev–Trinajstić information content (AvgIpc) is 2.77. The zero-order valence-electron chi connectivity index (χ0n) is 17.5. The van der Waals surface area contributed by atoms with Crippen LogP contribution in [0.1, 0.15) is 37.8 Å². The number of hydrogen-bond donors (Lipinski definition) is 0. The van der Waals surface area contributed by atoms with Crippen LogP contribution in [0.15, 0.2) is 59.6 Å². The van der Waals surface area contributed by atoms with Crippen LogP contribution >= 0.6 is 0 Å². The van der Waals surface area contributed by atoms with E-state index in [4.69, 9.17) is 9.47 Å². The van der Waals surface area contributed by atoms with Gasteiger partial charge in [-0.1, -0.05) is 25.5 Å². The molecule has 6 nitrogen and oxygen atoms in total. The number of rotatable bonds is 10. The molecule has 0 N–H and O–H groups in total. The Kier molecular flexibility index (Phi) is 9.31. The number of esters is 2. The monoisotopic (exact) mass is 409 g/mol. The molecule has 0 saturated carbocycles. The fourth-order valence-electron chi connectivity index (χ4n) is 2.40. The molecule has 0 amide bonds. The van der Waals surface area contributed by atoms with Crippen LogP contribution in [0.3, 0.4) is 0 Å². The van der Waals surface area contributed by atoms with E-state index in [1.54, 1.807) is 12.3 Å². The zero-order valence-corrected chi connectivity index (χ0v) is 17.5. The lowest BCUT2D eigenvalue weighted by Gasteiger charge is -2.08. The molecule has 0 aromatic heterocycles. The van der Waals surface area contributed by atoms with Crippen LogP contribution in [0.2, 0.25) is 0 Å². The lowest BCUT2D eigenvalue weighted by molar-refractivity contribution is -0.161. The van der Waals surface area contributed by atoms with Crippen LogP contribution in [-0.4, -0.2) is 38.0 Å². The van der Waals surface area contributed by atoms with Crippen LogP contribution < -0.4 is 4.74 Å². The first-order valence-electron chi connectivity index (χ1n) is 9.85. The molecule has 0 unspecified atom stereocenters. The first-order valence-corrected chi connectivity index (χ1v) is 9.85. The van der Waals surface area contributed by atoms with Gasteiger partial charge in [0.2, 0.25) is 0 Å². The normalized spacial score (nSPS) is 12.1. The zero-order chi connectivity index (χ0) is 21.8. The molecule has 0 radical (unpaired) electrons. The van der Waals surface area contributed by atoms with Crippen LogP contribution in [0.25, 0.3) is 6.08 Å². The van der Waals surface area contributed by atoms with Crippen LogP contribution in [-0.2, 0) is 19.1 Å². The summed E-state index contributed by atoms with van der Waals surface area (Å²) in [4.78, 5) is 27.4. The van der Waals surface area contributed by atoms with E-state index >= 15 is 0 Å². The molecular weight excluding hydrogens is 382 g/mol. The topological polar surface area (TPSA) is 74.2 Å². The standard InChI is InChI=1S/C24H27NO5/c1-4-5-16-29-22-13-8-20(9-14-22)17-25-21-11-6-19(7-12-21)10-15-23(26)30-18(2)24(27)28-3/h6-15,17-18H,4-5,16H2,1-3H3/b15-10+,25-17?/t18-/m0/s1. The van der Waals surface area contributed by atoms with Gasteiger partial charge in [-0.3, -0.25) is 4.99 Å². The van der Waals surface area contributed by atoms with Gasteiger partial charge in [0.1, 0.15) is 5.75 Å². The molecule has 2 aromatic carbocycles. The van der Waals surface area contributed by atoms with E-state index in [0.717, 1.165) is 42.0 Å². The number of ether oxygens (including phenoxy) is 3. The Morgan fingerprint density at radius 1 is 1.03 bits per heavy atom. The highest BCUT2D eigenvalue weighted by Crippen LogP contribution is 2.16. The highest BCUT2D eigenvalue weighted by atomic mass is 16.6. The molecule has 0 heterocycles. The third kappa shape index (κ3) is 7.91. The van der Waals surface area contributed by atoms with Gasteiger partial charge < -0.3 is 14.2 Å². The average molecular weight is 409 g/mol. The fourth-order valence-corrected chi connectivity index (χ4v) is 2.40. The molecule has 6 heteroatoms. The Hall–Kier alpha value is -3.41. The quantitative estimate of drug-likeness (QED) is 0.245. The fraction of sp³-hybridized carbons (Fsp3) is 0.292. The first-order chi connectivity index (χ1) is 14.5. The lowest BCUT2D eigenvalue weighted by atomic mass is 10.2. The Bertz CT molecular complexity index is 869. The molecule has 0 aliphatic heterocycles. The molecule has 158 valence electrons. The van der Waals surface area contributed by atoms with Crippen molar-refractivity contribution in [2.24, 2.45) is 4.99 Å². The maximum absolute atomic E-state index is 11.7. The number of nitrogens with zero attached hydrogens (tertiary/aromatic N) is 1. The Morgan fingerprint density at radius 3 is 2.33 bits per heavy atom. The minimum absolute atomic E-state index is 0.599. The molecule has 2 rings (SSSR count). The van der Waals surface area contributed by atoms with Gasteiger partial charge in [-0.05, 0) is 66.9 Å². The molecule has 2 aromatic rings. The predicted octanol–water partition coefficient (Wildman–Crippen LogP) is 4.73. The number of aliphatic imine (C=N–C) groups is 1. The highest BCUT2D eigenvalue weighted by Gasteiger charge is 2.16. The Balaban J connectivity index is 1.88. The number of benzene rings is 2. The van der Waals surface area contributed by atoms with E-state index in [1.165, 1.54) is 20.1 Å².